The second-order valence-corrected chi connectivity index (χ2v) is 11.5. The molecule has 1 heterocycles. The van der Waals surface area contributed by atoms with Gasteiger partial charge in [-0.1, -0.05) is 65.7 Å². The highest BCUT2D eigenvalue weighted by Gasteiger charge is 2.27. The molecule has 2 N–H and O–H groups in total. The molecule has 40 heavy (non-hydrogen) atoms. The Balaban J connectivity index is 1.41. The summed E-state index contributed by atoms with van der Waals surface area (Å²) < 4.78 is 32.7. The van der Waals surface area contributed by atoms with Crippen LogP contribution in [0.15, 0.2) is 114 Å². The van der Waals surface area contributed by atoms with Gasteiger partial charge in [0.2, 0.25) is 0 Å². The van der Waals surface area contributed by atoms with Crippen LogP contribution in [0.5, 0.6) is 0 Å². The van der Waals surface area contributed by atoms with Gasteiger partial charge in [0.1, 0.15) is 6.10 Å². The Bertz CT molecular complexity index is 1750. The lowest BCUT2D eigenvalue weighted by molar-refractivity contribution is 0.0785. The van der Waals surface area contributed by atoms with Crippen LogP contribution in [0.3, 0.4) is 0 Å². The van der Waals surface area contributed by atoms with Crippen LogP contribution in [0.1, 0.15) is 27.5 Å². The number of fused-ring (bicyclic) bond motifs is 1. The molecule has 1 amide bonds. The van der Waals surface area contributed by atoms with E-state index in [0.717, 1.165) is 22.0 Å². The number of nitrogens with one attached hydrogen (secondary N) is 1. The summed E-state index contributed by atoms with van der Waals surface area (Å²) in [7, 11) is -4.06. The van der Waals surface area contributed by atoms with Crippen LogP contribution < -0.4 is 5.32 Å². The van der Waals surface area contributed by atoms with Gasteiger partial charge in [-0.25, -0.2) is 0 Å². The number of carbonyl (C=O) groups excluding carboxylic acids is 1. The van der Waals surface area contributed by atoms with Gasteiger partial charge in [0.15, 0.2) is 0 Å². The molecule has 5 rings (SSSR count). The number of rotatable bonds is 9. The lowest BCUT2D eigenvalue weighted by Crippen LogP contribution is -2.30. The topological polar surface area (TPSA) is 97.6 Å². The zero-order valence-electron chi connectivity index (χ0n) is 21.6. The number of aromatic nitrogens is 1. The van der Waals surface area contributed by atoms with Crippen molar-refractivity contribution in [2.45, 2.75) is 24.0 Å². The summed E-state index contributed by atoms with van der Waals surface area (Å²) in [5.41, 5.74) is 3.53. The Hall–Kier alpha value is -3.95. The normalized spacial score (nSPS) is 13.2. The second-order valence-electron chi connectivity index (χ2n) is 9.44. The van der Waals surface area contributed by atoms with Crippen LogP contribution in [-0.2, 0) is 14.3 Å². The van der Waals surface area contributed by atoms with E-state index >= 15 is 0 Å². The van der Waals surface area contributed by atoms with E-state index in [1.165, 1.54) is 12.1 Å². The molecular weight excluding hydrogens is 548 g/mol. The van der Waals surface area contributed by atoms with E-state index in [4.69, 9.17) is 15.8 Å². The Labute approximate surface area is 237 Å². The number of amides is 1. The molecule has 0 aliphatic rings. The van der Waals surface area contributed by atoms with E-state index in [0.29, 0.717) is 16.3 Å². The van der Waals surface area contributed by atoms with E-state index in [2.05, 4.69) is 5.32 Å². The van der Waals surface area contributed by atoms with Crippen molar-refractivity contribution < 1.29 is 22.5 Å². The summed E-state index contributed by atoms with van der Waals surface area (Å²) in [6.45, 7) is 1.42. The Morgan fingerprint density at radius 2 is 1.70 bits per heavy atom. The number of aryl methyl sites for hydroxylation is 1. The van der Waals surface area contributed by atoms with Gasteiger partial charge in [0.05, 0.1) is 17.5 Å². The first-order chi connectivity index (χ1) is 19.2. The van der Waals surface area contributed by atoms with E-state index in [1.54, 1.807) is 42.5 Å². The van der Waals surface area contributed by atoms with Crippen molar-refractivity contribution in [1.29, 1.82) is 0 Å². The number of nitrogens with zero attached hydrogens (tertiary/aromatic N) is 1. The highest BCUT2D eigenvalue weighted by molar-refractivity contribution is 7.86. The first-order valence-electron chi connectivity index (χ1n) is 12.6. The Morgan fingerprint density at radius 3 is 2.42 bits per heavy atom. The van der Waals surface area contributed by atoms with Crippen LogP contribution in [0.2, 0.25) is 5.02 Å². The van der Waals surface area contributed by atoms with E-state index < -0.39 is 28.9 Å². The van der Waals surface area contributed by atoms with Crippen LogP contribution in [0.4, 0.5) is 5.69 Å². The van der Waals surface area contributed by atoms with Gasteiger partial charge < -0.3 is 15.0 Å². The summed E-state index contributed by atoms with van der Waals surface area (Å²) >= 11 is 6.02. The van der Waals surface area contributed by atoms with E-state index in [1.807, 2.05) is 66.2 Å². The number of carbonyl (C=O) groups is 1. The molecule has 0 fully saturated rings. The fourth-order valence-electron chi connectivity index (χ4n) is 4.56. The molecule has 7 nitrogen and oxygen atoms in total. The minimum atomic E-state index is -4.06. The van der Waals surface area contributed by atoms with Crippen molar-refractivity contribution in [2.24, 2.45) is 0 Å². The maximum atomic E-state index is 12.8. The molecule has 204 valence electrons. The van der Waals surface area contributed by atoms with Crippen LogP contribution in [-0.4, -0.2) is 36.7 Å². The highest BCUT2D eigenvalue weighted by atomic mass is 35.5. The van der Waals surface area contributed by atoms with Gasteiger partial charge in [0, 0.05) is 33.4 Å². The number of halogens is 1. The number of aliphatic hydroxyl groups excluding tert-OH is 1. The lowest BCUT2D eigenvalue weighted by atomic mass is 10.0. The molecule has 0 aliphatic heterocycles. The third-order valence-electron chi connectivity index (χ3n) is 6.57. The van der Waals surface area contributed by atoms with Gasteiger partial charge >= 0.3 is 0 Å². The third kappa shape index (κ3) is 6.11. The van der Waals surface area contributed by atoms with E-state index in [9.17, 15) is 18.3 Å². The molecule has 0 saturated heterocycles. The molecule has 5 aromatic rings. The van der Waals surface area contributed by atoms with Crippen LogP contribution in [0.25, 0.3) is 10.9 Å². The van der Waals surface area contributed by atoms with Gasteiger partial charge in [0.25, 0.3) is 16.0 Å². The molecule has 0 saturated carbocycles. The summed E-state index contributed by atoms with van der Waals surface area (Å²) in [5, 5.41) is 15.5. The second kappa shape index (κ2) is 11.7. The minimum absolute atomic E-state index is 0.0281. The summed E-state index contributed by atoms with van der Waals surface area (Å²) in [6, 6.07) is 29.0. The van der Waals surface area contributed by atoms with Crippen molar-refractivity contribution in [2.75, 3.05) is 11.9 Å². The molecule has 0 aliphatic carbocycles. The first-order valence-corrected chi connectivity index (χ1v) is 14.4. The monoisotopic (exact) mass is 574 g/mol. The SMILES string of the molecule is Cc1ccc(S(=O)(=O)OC[C@@H](O)[C@H](c2ccccc2)n2ccc3cc(NC(=O)c4cccc(Cl)c4)ccc32)cc1. The molecule has 0 unspecified atom stereocenters. The fraction of sp³-hybridized carbons (Fsp3) is 0.129. The summed E-state index contributed by atoms with van der Waals surface area (Å²) in [4.78, 5) is 12.7. The predicted molar refractivity (Wildman–Crippen MR) is 156 cm³/mol. The maximum absolute atomic E-state index is 12.8. The molecule has 0 radical (unpaired) electrons. The van der Waals surface area contributed by atoms with Gasteiger partial charge in [-0.2, -0.15) is 8.42 Å². The minimum Gasteiger partial charge on any atom is -0.388 e. The smallest absolute Gasteiger partial charge is 0.297 e. The number of hydrogen-bond donors (Lipinski definition) is 2. The van der Waals surface area contributed by atoms with Crippen LogP contribution in [0, 0.1) is 6.92 Å². The quantitative estimate of drug-likeness (QED) is 0.204. The number of hydrogen-bond acceptors (Lipinski definition) is 5. The summed E-state index contributed by atoms with van der Waals surface area (Å²) in [5.74, 6) is -0.286. The molecule has 0 spiro atoms. The van der Waals surface area contributed by atoms with Gasteiger partial charge in [-0.05, 0) is 67.1 Å². The van der Waals surface area contributed by atoms with Crippen molar-refractivity contribution in [3.8, 4) is 0 Å². The van der Waals surface area contributed by atoms with Gasteiger partial charge in [-0.3, -0.25) is 8.98 Å². The average molecular weight is 575 g/mol. The predicted octanol–water partition coefficient (Wildman–Crippen LogP) is 6.21. The maximum Gasteiger partial charge on any atom is 0.297 e. The molecule has 1 aromatic heterocycles. The van der Waals surface area contributed by atoms with Gasteiger partial charge in [-0.15, -0.1) is 0 Å². The van der Waals surface area contributed by atoms with Crippen LogP contribution >= 0.6 is 11.6 Å². The largest absolute Gasteiger partial charge is 0.388 e. The number of anilines is 1. The molecule has 0 bridgehead atoms. The molecule has 9 heteroatoms. The molecular formula is C31H27ClN2O5S. The Kier molecular flexibility index (Phi) is 8.04. The van der Waals surface area contributed by atoms with Crippen molar-refractivity contribution >= 4 is 44.2 Å². The highest BCUT2D eigenvalue weighted by Crippen LogP contribution is 2.30. The number of aliphatic hydroxyl groups is 1. The zero-order valence-corrected chi connectivity index (χ0v) is 23.1. The average Bonchev–Trinajstić information content (AvgIpc) is 3.35. The molecule has 2 atom stereocenters. The fourth-order valence-corrected chi connectivity index (χ4v) is 5.67. The lowest BCUT2D eigenvalue weighted by Gasteiger charge is -2.26. The first kappa shape index (κ1) is 27.6. The van der Waals surface area contributed by atoms with Crippen molar-refractivity contribution in [1.82, 2.24) is 4.57 Å². The van der Waals surface area contributed by atoms with Crippen molar-refractivity contribution in [3.05, 3.63) is 131 Å². The van der Waals surface area contributed by atoms with E-state index in [-0.39, 0.29) is 10.8 Å². The number of benzene rings is 4. The standard InChI is InChI=1S/C31H27ClN2O5S/c1-21-10-13-27(14-11-21)40(37,38)39-20-29(35)30(22-6-3-2-4-7-22)34-17-16-23-19-26(12-15-28(23)34)33-31(36)24-8-5-9-25(32)18-24/h2-19,29-30,35H,20H2,1H3,(H,33,36)/t29-,30+/m1/s1. The van der Waals surface area contributed by atoms with Crippen molar-refractivity contribution in [3.63, 3.8) is 0 Å². The third-order valence-corrected chi connectivity index (χ3v) is 8.10. The summed E-state index contributed by atoms with van der Waals surface area (Å²) in [6.07, 6.45) is 0.628. The Morgan fingerprint density at radius 1 is 0.950 bits per heavy atom. The zero-order chi connectivity index (χ0) is 28.3. The molecule has 4 aromatic carbocycles.